The van der Waals surface area contributed by atoms with E-state index in [2.05, 4.69) is 10.9 Å². The van der Waals surface area contributed by atoms with Gasteiger partial charge in [-0.15, -0.1) is 0 Å². The first-order valence-electron chi connectivity index (χ1n) is 5.75. The number of anilines is 2. The molecule has 6 heteroatoms. The lowest BCUT2D eigenvalue weighted by Gasteiger charge is -2.11. The SMILES string of the molecule is O=C(O)c1cc(NNc2ccccc2)cc(C(=O)O)c1. The maximum absolute atomic E-state index is 11.0. The number of benzene rings is 2. The van der Waals surface area contributed by atoms with E-state index in [1.54, 1.807) is 0 Å². The number of nitrogens with one attached hydrogen (secondary N) is 2. The summed E-state index contributed by atoms with van der Waals surface area (Å²) in [6.07, 6.45) is 0. The maximum atomic E-state index is 11.0. The quantitative estimate of drug-likeness (QED) is 0.624. The molecule has 2 aromatic carbocycles. The van der Waals surface area contributed by atoms with Crippen LogP contribution in [-0.4, -0.2) is 22.2 Å². The standard InChI is InChI=1S/C14H12N2O4/c17-13(18)9-6-10(14(19)20)8-12(7-9)16-15-11-4-2-1-3-5-11/h1-8,15-16H,(H,17,18)(H,19,20). The number of carboxylic acids is 2. The second kappa shape index (κ2) is 5.75. The molecule has 0 fully saturated rings. The fraction of sp³-hybridized carbons (Fsp3) is 0. The van der Waals surface area contributed by atoms with Gasteiger partial charge in [-0.1, -0.05) is 18.2 Å². The lowest BCUT2D eigenvalue weighted by molar-refractivity contribution is 0.0696. The maximum Gasteiger partial charge on any atom is 0.335 e. The highest BCUT2D eigenvalue weighted by atomic mass is 16.4. The molecule has 0 aromatic heterocycles. The Morgan fingerprint density at radius 1 is 0.750 bits per heavy atom. The Morgan fingerprint density at radius 2 is 1.25 bits per heavy atom. The third kappa shape index (κ3) is 3.26. The number of rotatable bonds is 5. The molecule has 0 aliphatic heterocycles. The average Bonchev–Trinajstić information content (AvgIpc) is 2.45. The highest BCUT2D eigenvalue weighted by Crippen LogP contribution is 2.16. The van der Waals surface area contributed by atoms with Crippen LogP contribution in [0.5, 0.6) is 0 Å². The van der Waals surface area contributed by atoms with Gasteiger partial charge in [0.2, 0.25) is 0 Å². The number of carboxylic acid groups (broad SMARTS) is 2. The first-order valence-corrected chi connectivity index (χ1v) is 5.75. The van der Waals surface area contributed by atoms with Gasteiger partial charge >= 0.3 is 11.9 Å². The third-order valence-electron chi connectivity index (χ3n) is 2.55. The molecule has 0 amide bonds. The zero-order valence-electron chi connectivity index (χ0n) is 10.3. The number of aromatic carboxylic acids is 2. The van der Waals surface area contributed by atoms with Gasteiger partial charge in [-0.05, 0) is 30.3 Å². The molecule has 0 aliphatic rings. The van der Waals surface area contributed by atoms with E-state index in [-0.39, 0.29) is 11.1 Å². The summed E-state index contributed by atoms with van der Waals surface area (Å²) in [5, 5.41) is 17.9. The van der Waals surface area contributed by atoms with E-state index < -0.39 is 11.9 Å². The number of hydrogen-bond donors (Lipinski definition) is 4. The van der Waals surface area contributed by atoms with Crippen LogP contribution < -0.4 is 10.9 Å². The molecule has 0 spiro atoms. The molecule has 6 nitrogen and oxygen atoms in total. The fourth-order valence-electron chi connectivity index (χ4n) is 1.61. The first kappa shape index (κ1) is 13.4. The van der Waals surface area contributed by atoms with E-state index in [1.165, 1.54) is 12.1 Å². The second-order valence-corrected chi connectivity index (χ2v) is 4.03. The molecule has 0 saturated carbocycles. The summed E-state index contributed by atoms with van der Waals surface area (Å²) in [4.78, 5) is 21.9. The van der Waals surface area contributed by atoms with E-state index in [4.69, 9.17) is 10.2 Å². The number of hydrogen-bond acceptors (Lipinski definition) is 4. The van der Waals surface area contributed by atoms with E-state index in [9.17, 15) is 9.59 Å². The van der Waals surface area contributed by atoms with Gasteiger partial charge in [0, 0.05) is 0 Å². The van der Waals surface area contributed by atoms with Crippen LogP contribution in [0, 0.1) is 0 Å². The third-order valence-corrected chi connectivity index (χ3v) is 2.55. The lowest BCUT2D eigenvalue weighted by atomic mass is 10.1. The van der Waals surface area contributed by atoms with Crippen molar-refractivity contribution >= 4 is 23.3 Å². The van der Waals surface area contributed by atoms with Crippen molar-refractivity contribution in [1.29, 1.82) is 0 Å². The molecule has 0 unspecified atom stereocenters. The Labute approximate surface area is 114 Å². The Morgan fingerprint density at radius 3 is 1.75 bits per heavy atom. The predicted molar refractivity (Wildman–Crippen MR) is 74.0 cm³/mol. The first-order chi connectivity index (χ1) is 9.56. The van der Waals surface area contributed by atoms with Crippen molar-refractivity contribution < 1.29 is 19.8 Å². The van der Waals surface area contributed by atoms with Crippen molar-refractivity contribution in [2.45, 2.75) is 0 Å². The molecule has 0 atom stereocenters. The monoisotopic (exact) mass is 272 g/mol. The van der Waals surface area contributed by atoms with Crippen LogP contribution in [0.15, 0.2) is 48.5 Å². The van der Waals surface area contributed by atoms with Gasteiger partial charge in [0.25, 0.3) is 0 Å². The van der Waals surface area contributed by atoms with Gasteiger partial charge in [-0.25, -0.2) is 9.59 Å². The number of para-hydroxylation sites is 1. The summed E-state index contributed by atoms with van der Waals surface area (Å²) in [5.41, 5.74) is 6.56. The van der Waals surface area contributed by atoms with E-state index >= 15 is 0 Å². The van der Waals surface area contributed by atoms with Crippen LogP contribution in [0.3, 0.4) is 0 Å². The van der Waals surface area contributed by atoms with Crippen LogP contribution in [0.1, 0.15) is 20.7 Å². The van der Waals surface area contributed by atoms with Gasteiger partial charge in [-0.3, -0.25) is 0 Å². The summed E-state index contributed by atoms with van der Waals surface area (Å²) in [6.45, 7) is 0. The highest BCUT2D eigenvalue weighted by molar-refractivity contribution is 5.95. The van der Waals surface area contributed by atoms with Crippen LogP contribution in [-0.2, 0) is 0 Å². The van der Waals surface area contributed by atoms with Gasteiger partial charge in [0.1, 0.15) is 0 Å². The molecular formula is C14H12N2O4. The topological polar surface area (TPSA) is 98.7 Å². The molecule has 0 heterocycles. The van der Waals surface area contributed by atoms with E-state index in [0.29, 0.717) is 5.69 Å². The van der Waals surface area contributed by atoms with Gasteiger partial charge in [-0.2, -0.15) is 0 Å². The molecule has 4 N–H and O–H groups in total. The fourth-order valence-corrected chi connectivity index (χ4v) is 1.61. The molecule has 0 bridgehead atoms. The van der Waals surface area contributed by atoms with Crippen LogP contribution in [0.4, 0.5) is 11.4 Å². The van der Waals surface area contributed by atoms with Crippen molar-refractivity contribution in [2.75, 3.05) is 10.9 Å². The minimum atomic E-state index is -1.18. The van der Waals surface area contributed by atoms with Crippen LogP contribution in [0.25, 0.3) is 0 Å². The molecule has 2 rings (SSSR count). The average molecular weight is 272 g/mol. The Balaban J connectivity index is 2.22. The summed E-state index contributed by atoms with van der Waals surface area (Å²) < 4.78 is 0. The van der Waals surface area contributed by atoms with Crippen molar-refractivity contribution in [2.24, 2.45) is 0 Å². The largest absolute Gasteiger partial charge is 0.478 e. The Kier molecular flexibility index (Phi) is 3.85. The smallest absolute Gasteiger partial charge is 0.335 e. The minimum absolute atomic E-state index is 0.0951. The normalized spacial score (nSPS) is 9.80. The van der Waals surface area contributed by atoms with E-state index in [0.717, 1.165) is 11.8 Å². The van der Waals surface area contributed by atoms with Gasteiger partial charge < -0.3 is 21.1 Å². The van der Waals surface area contributed by atoms with Crippen molar-refractivity contribution in [3.8, 4) is 0 Å². The molecule has 2 aromatic rings. The van der Waals surface area contributed by atoms with Crippen LogP contribution >= 0.6 is 0 Å². The molecule has 0 saturated heterocycles. The zero-order chi connectivity index (χ0) is 14.5. The Hall–Kier alpha value is -3.02. The molecule has 20 heavy (non-hydrogen) atoms. The number of carbonyl (C=O) groups is 2. The summed E-state index contributed by atoms with van der Waals surface area (Å²) in [6, 6.07) is 13.0. The molecule has 0 aliphatic carbocycles. The second-order valence-electron chi connectivity index (χ2n) is 4.03. The molecule has 102 valence electrons. The van der Waals surface area contributed by atoms with Crippen molar-refractivity contribution in [1.82, 2.24) is 0 Å². The lowest BCUT2D eigenvalue weighted by Crippen LogP contribution is -2.11. The van der Waals surface area contributed by atoms with Gasteiger partial charge in [0.05, 0.1) is 22.5 Å². The minimum Gasteiger partial charge on any atom is -0.478 e. The highest BCUT2D eigenvalue weighted by Gasteiger charge is 2.11. The zero-order valence-corrected chi connectivity index (χ0v) is 10.3. The molecule has 0 radical (unpaired) electrons. The molecular weight excluding hydrogens is 260 g/mol. The van der Waals surface area contributed by atoms with Gasteiger partial charge in [0.15, 0.2) is 0 Å². The summed E-state index contributed by atoms with van der Waals surface area (Å²) in [7, 11) is 0. The summed E-state index contributed by atoms with van der Waals surface area (Å²) >= 11 is 0. The number of hydrazine groups is 1. The van der Waals surface area contributed by atoms with E-state index in [1.807, 2.05) is 30.3 Å². The predicted octanol–water partition coefficient (Wildman–Crippen LogP) is 2.52. The summed E-state index contributed by atoms with van der Waals surface area (Å²) in [5.74, 6) is -2.37. The van der Waals surface area contributed by atoms with Crippen molar-refractivity contribution in [3.63, 3.8) is 0 Å². The van der Waals surface area contributed by atoms with Crippen LogP contribution in [0.2, 0.25) is 0 Å². The Bertz CT molecular complexity index is 609. The van der Waals surface area contributed by atoms with Crippen molar-refractivity contribution in [3.05, 3.63) is 59.7 Å².